The number of hydrogen-bond acceptors (Lipinski definition) is 5. The highest BCUT2D eigenvalue weighted by Crippen LogP contribution is 2.65. The minimum absolute atomic E-state index is 0.0759. The first-order valence-corrected chi connectivity index (χ1v) is 19.2. The Morgan fingerprint density at radius 3 is 2.18 bits per heavy atom. The van der Waals surface area contributed by atoms with Crippen LogP contribution in [0.25, 0.3) is 0 Å². The van der Waals surface area contributed by atoms with E-state index in [1.165, 1.54) is 0 Å². The normalized spacial score (nSPS) is 34.4. The number of sulfonamides is 1. The second-order valence-electron chi connectivity index (χ2n) is 16.7. The number of amides is 2. The average Bonchev–Trinajstić information content (AvgIpc) is 3.33. The Hall–Kier alpha value is -1.64. The van der Waals surface area contributed by atoms with E-state index < -0.39 is 16.1 Å². The Labute approximate surface area is 273 Å². The van der Waals surface area contributed by atoms with E-state index in [1.807, 2.05) is 0 Å². The maximum absolute atomic E-state index is 12.8. The van der Waals surface area contributed by atoms with Crippen molar-refractivity contribution in [2.24, 2.45) is 46.3 Å². The number of aliphatic hydroxyl groups is 2. The molecule has 2 amide bonds. The van der Waals surface area contributed by atoms with Crippen LogP contribution in [-0.4, -0.2) is 43.4 Å². The van der Waals surface area contributed by atoms with E-state index in [0.717, 1.165) is 69.8 Å². The van der Waals surface area contributed by atoms with Gasteiger partial charge < -0.3 is 15.5 Å². The lowest BCUT2D eigenvalue weighted by Gasteiger charge is -2.57. The van der Waals surface area contributed by atoms with Crippen LogP contribution in [0.1, 0.15) is 125 Å². The second-order valence-corrected chi connectivity index (χ2v) is 18.4. The van der Waals surface area contributed by atoms with Gasteiger partial charge in [0.25, 0.3) is 10.0 Å². The van der Waals surface area contributed by atoms with Gasteiger partial charge >= 0.3 is 6.03 Å². The fraction of sp³-hybridized carbons (Fsp3) is 0.811. The lowest BCUT2D eigenvalue weighted by atomic mass is 9.48. The van der Waals surface area contributed by atoms with E-state index in [2.05, 4.69) is 65.4 Å². The summed E-state index contributed by atoms with van der Waals surface area (Å²) in [4.78, 5) is 12.7. The predicted octanol–water partition coefficient (Wildman–Crippen LogP) is 7.41. The molecule has 45 heavy (non-hydrogen) atoms. The molecule has 8 heteroatoms. The monoisotopic (exact) mass is 646 g/mol. The highest BCUT2D eigenvalue weighted by molar-refractivity contribution is 7.90. The maximum Gasteiger partial charge on any atom is 0.328 e. The fourth-order valence-electron chi connectivity index (χ4n) is 9.68. The van der Waals surface area contributed by atoms with Crippen LogP contribution in [0.2, 0.25) is 0 Å². The molecule has 1 aromatic carbocycles. The largest absolute Gasteiger partial charge is 0.393 e. The molecule has 256 valence electrons. The van der Waals surface area contributed by atoms with Crippen molar-refractivity contribution in [2.45, 2.75) is 142 Å². The molecule has 0 unspecified atom stereocenters. The van der Waals surface area contributed by atoms with E-state index >= 15 is 0 Å². The number of carbonyl (C=O) groups is 1. The van der Waals surface area contributed by atoms with Gasteiger partial charge in [0.05, 0.1) is 17.1 Å². The lowest BCUT2D eigenvalue weighted by molar-refractivity contribution is -0.123. The molecule has 0 saturated heterocycles. The SMILES string of the molecule is CC[C@H](C)[C@@H](O)[C@H]1[C@@H]2CC[C@H]([C@H](C)CCNC(=O)NS(=O)(=O)c3ccc(C(C)(C)C)cc3)[C@@]2(C)CC[C@@H]1[C@]1(C)CC[C@H](O)CC1. The van der Waals surface area contributed by atoms with Gasteiger partial charge in [-0.1, -0.05) is 73.9 Å². The second kappa shape index (κ2) is 13.8. The third kappa shape index (κ3) is 7.75. The first-order chi connectivity index (χ1) is 20.9. The van der Waals surface area contributed by atoms with Gasteiger partial charge in [0.2, 0.25) is 0 Å². The van der Waals surface area contributed by atoms with Crippen LogP contribution in [0, 0.1) is 46.3 Å². The molecule has 0 aromatic heterocycles. The molecular formula is C37H62N2O5S. The van der Waals surface area contributed by atoms with Gasteiger partial charge in [-0.3, -0.25) is 0 Å². The van der Waals surface area contributed by atoms with Crippen LogP contribution in [0.5, 0.6) is 0 Å². The molecule has 4 N–H and O–H groups in total. The van der Waals surface area contributed by atoms with Crippen molar-refractivity contribution in [2.75, 3.05) is 6.54 Å². The maximum atomic E-state index is 12.8. The van der Waals surface area contributed by atoms with Crippen molar-refractivity contribution in [3.63, 3.8) is 0 Å². The van der Waals surface area contributed by atoms with E-state index in [-0.39, 0.29) is 45.2 Å². The Morgan fingerprint density at radius 1 is 0.978 bits per heavy atom. The summed E-state index contributed by atoms with van der Waals surface area (Å²) in [6.07, 6.45) is 9.57. The van der Waals surface area contributed by atoms with Crippen molar-refractivity contribution in [3.05, 3.63) is 29.8 Å². The van der Waals surface area contributed by atoms with Gasteiger partial charge in [0.15, 0.2) is 0 Å². The summed E-state index contributed by atoms with van der Waals surface area (Å²) in [5.74, 6) is 2.30. The number of aliphatic hydroxyl groups excluding tert-OH is 2. The van der Waals surface area contributed by atoms with Crippen molar-refractivity contribution < 1.29 is 23.4 Å². The van der Waals surface area contributed by atoms with Crippen LogP contribution in [0.4, 0.5) is 4.79 Å². The number of fused-ring (bicyclic) bond motifs is 1. The van der Waals surface area contributed by atoms with E-state index in [9.17, 15) is 23.4 Å². The highest BCUT2D eigenvalue weighted by Gasteiger charge is 2.59. The zero-order chi connectivity index (χ0) is 33.4. The summed E-state index contributed by atoms with van der Waals surface area (Å²) < 4.78 is 27.9. The topological polar surface area (TPSA) is 116 Å². The third-order valence-electron chi connectivity index (χ3n) is 12.8. The van der Waals surface area contributed by atoms with Crippen LogP contribution < -0.4 is 10.0 Å². The van der Waals surface area contributed by atoms with Crippen LogP contribution >= 0.6 is 0 Å². The van der Waals surface area contributed by atoms with Crippen molar-refractivity contribution >= 4 is 16.1 Å². The Morgan fingerprint density at radius 2 is 1.60 bits per heavy atom. The zero-order valence-electron chi connectivity index (χ0n) is 29.2. The summed E-state index contributed by atoms with van der Waals surface area (Å²) >= 11 is 0. The average molecular weight is 647 g/mol. The van der Waals surface area contributed by atoms with Crippen molar-refractivity contribution in [1.29, 1.82) is 0 Å². The summed E-state index contributed by atoms with van der Waals surface area (Å²) in [6, 6.07) is 5.99. The van der Waals surface area contributed by atoms with Gasteiger partial charge in [-0.2, -0.15) is 0 Å². The molecule has 0 heterocycles. The minimum atomic E-state index is -3.96. The highest BCUT2D eigenvalue weighted by atomic mass is 32.2. The molecule has 3 aliphatic carbocycles. The molecule has 3 fully saturated rings. The van der Waals surface area contributed by atoms with Crippen molar-refractivity contribution in [1.82, 2.24) is 10.0 Å². The molecule has 3 saturated carbocycles. The number of carbonyl (C=O) groups excluding carboxylic acids is 1. The molecule has 7 nitrogen and oxygen atoms in total. The lowest BCUT2D eigenvalue weighted by Crippen LogP contribution is -2.53. The number of benzene rings is 1. The molecule has 8 atom stereocenters. The number of nitrogens with one attached hydrogen (secondary N) is 2. The van der Waals surface area contributed by atoms with Gasteiger partial charge in [-0.15, -0.1) is 0 Å². The Kier molecular flexibility index (Phi) is 11.1. The minimum Gasteiger partial charge on any atom is -0.393 e. The number of hydrogen-bond donors (Lipinski definition) is 4. The first-order valence-electron chi connectivity index (χ1n) is 17.7. The summed E-state index contributed by atoms with van der Waals surface area (Å²) in [5.41, 5.74) is 1.23. The third-order valence-corrected chi connectivity index (χ3v) is 14.2. The summed E-state index contributed by atoms with van der Waals surface area (Å²) in [6.45, 7) is 18.2. The standard InChI is InChI=1S/C37H62N2O5S/c1-9-24(2)33(41)32-30(36(7)20-16-27(40)17-21-36)18-22-37(8)29(14-15-31(32)37)25(3)19-23-38-34(42)39-45(43,44)28-12-10-26(11-13-28)35(4,5)6/h10-13,24-25,27,29-33,40-41H,9,14-23H2,1-8H3,(H2,38,39,42)/t24-,25+,27-,29+,30-,31-,32+,33+,36+,37+/m0/s1. The van der Waals surface area contributed by atoms with Gasteiger partial charge in [0, 0.05) is 6.54 Å². The van der Waals surface area contributed by atoms with Gasteiger partial charge in [-0.05, 0) is 127 Å². The van der Waals surface area contributed by atoms with Crippen LogP contribution in [0.3, 0.4) is 0 Å². The van der Waals surface area contributed by atoms with Gasteiger partial charge in [0.1, 0.15) is 0 Å². The van der Waals surface area contributed by atoms with E-state index in [4.69, 9.17) is 0 Å². The number of rotatable bonds is 10. The molecule has 0 spiro atoms. The van der Waals surface area contributed by atoms with Gasteiger partial charge in [-0.25, -0.2) is 17.9 Å². The molecule has 3 aliphatic rings. The van der Waals surface area contributed by atoms with Crippen LogP contribution in [-0.2, 0) is 15.4 Å². The summed E-state index contributed by atoms with van der Waals surface area (Å²) in [5, 5.41) is 24.9. The fourth-order valence-corrected chi connectivity index (χ4v) is 10.6. The molecule has 0 bridgehead atoms. The molecular weight excluding hydrogens is 584 g/mol. The quantitative estimate of drug-likeness (QED) is 0.211. The summed E-state index contributed by atoms with van der Waals surface area (Å²) in [7, 11) is -3.96. The van der Waals surface area contributed by atoms with E-state index in [1.54, 1.807) is 24.3 Å². The predicted molar refractivity (Wildman–Crippen MR) is 181 cm³/mol. The number of urea groups is 1. The van der Waals surface area contributed by atoms with Crippen LogP contribution in [0.15, 0.2) is 29.2 Å². The van der Waals surface area contributed by atoms with E-state index in [0.29, 0.717) is 30.2 Å². The Bertz CT molecular complexity index is 1250. The smallest absolute Gasteiger partial charge is 0.328 e. The first kappa shape index (κ1) is 36.2. The molecule has 4 rings (SSSR count). The molecule has 0 radical (unpaired) electrons. The Balaban J connectivity index is 1.38. The zero-order valence-corrected chi connectivity index (χ0v) is 30.1. The van der Waals surface area contributed by atoms with Crippen molar-refractivity contribution in [3.8, 4) is 0 Å². The molecule has 1 aromatic rings. The molecule has 0 aliphatic heterocycles.